The van der Waals surface area contributed by atoms with Gasteiger partial charge in [-0.15, -0.1) is 0 Å². The number of benzene rings is 1. The first-order valence-electron chi connectivity index (χ1n) is 5.79. The van der Waals surface area contributed by atoms with E-state index in [1.165, 1.54) is 18.2 Å². The summed E-state index contributed by atoms with van der Waals surface area (Å²) in [6.45, 7) is 2.60. The standard InChI is InChI=1S/C12H16FNO3S/c1-9-8-18(16,17)5-4-14(9)7-10-6-11(13)2-3-12(10)15/h2-3,6,9,15H,4-5,7-8H2,1H3. The van der Waals surface area contributed by atoms with Crippen molar-refractivity contribution in [2.75, 3.05) is 18.1 Å². The Morgan fingerprint density at radius 2 is 2.22 bits per heavy atom. The second-order valence-corrected chi connectivity index (χ2v) is 6.94. The first kappa shape index (κ1) is 13.3. The number of phenolic OH excluding ortho intramolecular Hbond substituents is 1. The number of hydrogen-bond acceptors (Lipinski definition) is 4. The highest BCUT2D eigenvalue weighted by Crippen LogP contribution is 2.22. The summed E-state index contributed by atoms with van der Waals surface area (Å²) in [6, 6.07) is 3.68. The monoisotopic (exact) mass is 273 g/mol. The van der Waals surface area contributed by atoms with Gasteiger partial charge in [0.1, 0.15) is 11.6 Å². The van der Waals surface area contributed by atoms with E-state index in [0.717, 1.165) is 0 Å². The third kappa shape index (κ3) is 3.00. The number of halogens is 1. The van der Waals surface area contributed by atoms with E-state index in [1.807, 2.05) is 11.8 Å². The first-order valence-corrected chi connectivity index (χ1v) is 7.61. The molecule has 1 fully saturated rings. The maximum atomic E-state index is 13.1. The minimum Gasteiger partial charge on any atom is -0.508 e. The summed E-state index contributed by atoms with van der Waals surface area (Å²) < 4.78 is 36.0. The van der Waals surface area contributed by atoms with Gasteiger partial charge in [0.2, 0.25) is 0 Å². The van der Waals surface area contributed by atoms with Crippen LogP contribution in [-0.4, -0.2) is 42.5 Å². The number of phenols is 1. The number of rotatable bonds is 2. The van der Waals surface area contributed by atoms with Crippen molar-refractivity contribution in [2.45, 2.75) is 19.5 Å². The van der Waals surface area contributed by atoms with Crippen LogP contribution in [0.2, 0.25) is 0 Å². The first-order chi connectivity index (χ1) is 8.37. The lowest BCUT2D eigenvalue weighted by molar-refractivity contribution is 0.215. The third-order valence-corrected chi connectivity index (χ3v) is 5.02. The Kier molecular flexibility index (Phi) is 3.59. The zero-order chi connectivity index (χ0) is 13.3. The van der Waals surface area contributed by atoms with Crippen LogP contribution in [0.25, 0.3) is 0 Å². The molecule has 0 amide bonds. The summed E-state index contributed by atoms with van der Waals surface area (Å²) in [4.78, 5) is 1.94. The minimum atomic E-state index is -2.95. The summed E-state index contributed by atoms with van der Waals surface area (Å²) in [6.07, 6.45) is 0. The molecule has 0 radical (unpaired) electrons. The van der Waals surface area contributed by atoms with Crippen molar-refractivity contribution in [1.82, 2.24) is 4.90 Å². The fourth-order valence-corrected chi connectivity index (χ4v) is 3.79. The topological polar surface area (TPSA) is 57.6 Å². The van der Waals surface area contributed by atoms with Crippen LogP contribution in [0.4, 0.5) is 4.39 Å². The van der Waals surface area contributed by atoms with E-state index in [4.69, 9.17) is 0 Å². The highest BCUT2D eigenvalue weighted by molar-refractivity contribution is 7.91. The van der Waals surface area contributed by atoms with Gasteiger partial charge in [-0.3, -0.25) is 4.90 Å². The normalized spacial score (nSPS) is 24.0. The Morgan fingerprint density at radius 1 is 1.50 bits per heavy atom. The Hall–Kier alpha value is -1.14. The zero-order valence-corrected chi connectivity index (χ0v) is 11.0. The van der Waals surface area contributed by atoms with E-state index in [-0.39, 0.29) is 23.3 Å². The maximum absolute atomic E-state index is 13.1. The summed E-state index contributed by atoms with van der Waals surface area (Å²) in [5.74, 6) is -0.131. The summed E-state index contributed by atoms with van der Waals surface area (Å²) in [5.41, 5.74) is 0.487. The Labute approximate surface area is 106 Å². The predicted octanol–water partition coefficient (Wildman–Crippen LogP) is 1.15. The van der Waals surface area contributed by atoms with Gasteiger partial charge >= 0.3 is 0 Å². The van der Waals surface area contributed by atoms with Gasteiger partial charge in [0.25, 0.3) is 0 Å². The molecular formula is C12H16FNO3S. The summed E-state index contributed by atoms with van der Waals surface area (Å²) in [5, 5.41) is 9.64. The van der Waals surface area contributed by atoms with E-state index >= 15 is 0 Å². The molecule has 1 aromatic rings. The molecule has 100 valence electrons. The second kappa shape index (κ2) is 4.85. The van der Waals surface area contributed by atoms with Gasteiger partial charge in [0.15, 0.2) is 9.84 Å². The van der Waals surface area contributed by atoms with Crippen molar-refractivity contribution in [2.24, 2.45) is 0 Å². The minimum absolute atomic E-state index is 0.0389. The van der Waals surface area contributed by atoms with Gasteiger partial charge in [-0.1, -0.05) is 0 Å². The predicted molar refractivity (Wildman–Crippen MR) is 66.6 cm³/mol. The molecule has 6 heteroatoms. The smallest absolute Gasteiger partial charge is 0.153 e. The van der Waals surface area contributed by atoms with Crippen molar-refractivity contribution in [3.63, 3.8) is 0 Å². The Morgan fingerprint density at radius 3 is 2.89 bits per heavy atom. The van der Waals surface area contributed by atoms with Crippen molar-refractivity contribution in [3.05, 3.63) is 29.6 Å². The summed E-state index contributed by atoms with van der Waals surface area (Å²) in [7, 11) is -2.95. The molecule has 1 aliphatic rings. The molecule has 0 aliphatic carbocycles. The highest BCUT2D eigenvalue weighted by Gasteiger charge is 2.28. The number of nitrogens with zero attached hydrogens (tertiary/aromatic N) is 1. The Bertz CT molecular complexity index is 544. The highest BCUT2D eigenvalue weighted by atomic mass is 32.2. The molecule has 2 rings (SSSR count). The molecule has 1 heterocycles. The molecule has 1 aliphatic heterocycles. The molecule has 1 N–H and O–H groups in total. The molecule has 0 saturated carbocycles. The lowest BCUT2D eigenvalue weighted by Crippen LogP contribution is -2.46. The fraction of sp³-hybridized carbons (Fsp3) is 0.500. The molecular weight excluding hydrogens is 257 g/mol. The number of hydrogen-bond donors (Lipinski definition) is 1. The van der Waals surface area contributed by atoms with Crippen LogP contribution >= 0.6 is 0 Å². The molecule has 0 bridgehead atoms. The van der Waals surface area contributed by atoms with Crippen LogP contribution in [0.1, 0.15) is 12.5 Å². The van der Waals surface area contributed by atoms with Crippen molar-refractivity contribution < 1.29 is 17.9 Å². The lowest BCUT2D eigenvalue weighted by Gasteiger charge is -2.33. The average molecular weight is 273 g/mol. The van der Waals surface area contributed by atoms with E-state index in [1.54, 1.807) is 0 Å². The number of aromatic hydroxyl groups is 1. The van der Waals surface area contributed by atoms with Crippen LogP contribution in [0.3, 0.4) is 0 Å². The van der Waals surface area contributed by atoms with Gasteiger partial charge in [-0.2, -0.15) is 0 Å². The Balaban J connectivity index is 2.12. The van der Waals surface area contributed by atoms with Crippen LogP contribution in [0.5, 0.6) is 5.75 Å². The van der Waals surface area contributed by atoms with Crippen LogP contribution in [-0.2, 0) is 16.4 Å². The third-order valence-electron chi connectivity index (χ3n) is 3.22. The molecule has 0 aromatic heterocycles. The van der Waals surface area contributed by atoms with Crippen LogP contribution in [0, 0.1) is 5.82 Å². The fourth-order valence-electron chi connectivity index (χ4n) is 2.17. The molecule has 4 nitrogen and oxygen atoms in total. The van der Waals surface area contributed by atoms with Gasteiger partial charge < -0.3 is 5.11 Å². The molecule has 1 aromatic carbocycles. The molecule has 1 atom stereocenters. The van der Waals surface area contributed by atoms with Crippen LogP contribution in [0.15, 0.2) is 18.2 Å². The zero-order valence-electron chi connectivity index (χ0n) is 10.1. The van der Waals surface area contributed by atoms with Crippen molar-refractivity contribution >= 4 is 9.84 Å². The van der Waals surface area contributed by atoms with Crippen molar-refractivity contribution in [1.29, 1.82) is 0 Å². The van der Waals surface area contributed by atoms with E-state index in [9.17, 15) is 17.9 Å². The quantitative estimate of drug-likeness (QED) is 0.878. The van der Waals surface area contributed by atoms with Gasteiger partial charge in [0.05, 0.1) is 11.5 Å². The molecule has 1 unspecified atom stereocenters. The largest absolute Gasteiger partial charge is 0.508 e. The van der Waals surface area contributed by atoms with Crippen LogP contribution < -0.4 is 0 Å². The summed E-state index contributed by atoms with van der Waals surface area (Å²) >= 11 is 0. The maximum Gasteiger partial charge on any atom is 0.153 e. The SMILES string of the molecule is CC1CS(=O)(=O)CCN1Cc1cc(F)ccc1O. The lowest BCUT2D eigenvalue weighted by atomic mass is 10.1. The average Bonchev–Trinajstić information content (AvgIpc) is 2.26. The molecule has 0 spiro atoms. The van der Waals surface area contributed by atoms with Gasteiger partial charge in [-0.05, 0) is 25.1 Å². The second-order valence-electron chi connectivity index (χ2n) is 4.71. The van der Waals surface area contributed by atoms with Gasteiger partial charge in [0, 0.05) is 24.7 Å². The van der Waals surface area contributed by atoms with Crippen molar-refractivity contribution in [3.8, 4) is 5.75 Å². The van der Waals surface area contributed by atoms with E-state index in [0.29, 0.717) is 18.7 Å². The molecule has 1 saturated heterocycles. The number of sulfone groups is 1. The van der Waals surface area contributed by atoms with Gasteiger partial charge in [-0.25, -0.2) is 12.8 Å². The van der Waals surface area contributed by atoms with E-state index < -0.39 is 15.7 Å². The molecule has 18 heavy (non-hydrogen) atoms. The van der Waals surface area contributed by atoms with E-state index in [2.05, 4.69) is 0 Å².